The Labute approximate surface area is 124 Å². The molecule has 0 saturated carbocycles. The van der Waals surface area contributed by atoms with Crippen LogP contribution in [0.1, 0.15) is 13.3 Å². The molecule has 1 fully saturated rings. The van der Waals surface area contributed by atoms with Crippen molar-refractivity contribution in [2.75, 3.05) is 50.0 Å². The van der Waals surface area contributed by atoms with Crippen LogP contribution in [0, 0.1) is 0 Å². The van der Waals surface area contributed by atoms with E-state index in [1.54, 1.807) is 6.07 Å². The summed E-state index contributed by atoms with van der Waals surface area (Å²) in [5, 5.41) is 4.44. The maximum absolute atomic E-state index is 6.28. The highest BCUT2D eigenvalue weighted by Crippen LogP contribution is 2.31. The number of hydrogen-bond acceptors (Lipinski definition) is 4. The summed E-state index contributed by atoms with van der Waals surface area (Å²) in [6, 6.07) is 1.78. The number of rotatable bonds is 4. The number of anilines is 2. The molecule has 0 bridgehead atoms. The van der Waals surface area contributed by atoms with Crippen molar-refractivity contribution >= 4 is 34.8 Å². The zero-order valence-corrected chi connectivity index (χ0v) is 12.9. The van der Waals surface area contributed by atoms with Gasteiger partial charge in [-0.1, -0.05) is 30.1 Å². The molecule has 1 aliphatic rings. The van der Waals surface area contributed by atoms with E-state index >= 15 is 0 Å². The van der Waals surface area contributed by atoms with Gasteiger partial charge in [0.25, 0.3) is 0 Å². The number of halogens is 2. The van der Waals surface area contributed by atoms with Crippen LogP contribution in [0.15, 0.2) is 6.07 Å². The van der Waals surface area contributed by atoms with Crippen LogP contribution in [0.25, 0.3) is 0 Å². The Balaban J connectivity index is 2.19. The predicted octanol–water partition coefficient (Wildman–Crippen LogP) is 2.96. The Morgan fingerprint density at radius 3 is 2.53 bits per heavy atom. The molecule has 0 unspecified atom stereocenters. The molecule has 1 aromatic heterocycles. The van der Waals surface area contributed by atoms with Gasteiger partial charge in [0, 0.05) is 32.7 Å². The van der Waals surface area contributed by atoms with Crippen molar-refractivity contribution < 1.29 is 0 Å². The molecule has 0 amide bonds. The van der Waals surface area contributed by atoms with Crippen molar-refractivity contribution in [3.8, 4) is 0 Å². The predicted molar refractivity (Wildman–Crippen MR) is 82.7 cm³/mol. The summed E-state index contributed by atoms with van der Waals surface area (Å²) in [5.41, 5.74) is 0. The minimum atomic E-state index is 0.580. The van der Waals surface area contributed by atoms with Crippen molar-refractivity contribution in [3.63, 3.8) is 0 Å². The number of hydrogen-bond donors (Lipinski definition) is 1. The molecule has 19 heavy (non-hydrogen) atoms. The fourth-order valence-electron chi connectivity index (χ4n) is 2.06. The first-order chi connectivity index (χ1) is 9.11. The van der Waals surface area contributed by atoms with Gasteiger partial charge in [0.2, 0.25) is 0 Å². The lowest BCUT2D eigenvalue weighted by Gasteiger charge is -2.33. The van der Waals surface area contributed by atoms with E-state index in [-0.39, 0.29) is 0 Å². The highest BCUT2D eigenvalue weighted by Gasteiger charge is 2.19. The quantitative estimate of drug-likeness (QED) is 0.926. The van der Waals surface area contributed by atoms with Gasteiger partial charge in [-0.2, -0.15) is 0 Å². The first kappa shape index (κ1) is 14.7. The Morgan fingerprint density at radius 2 is 1.89 bits per heavy atom. The number of piperazine rings is 1. The Bertz CT molecular complexity index is 431. The van der Waals surface area contributed by atoms with Crippen LogP contribution < -0.4 is 10.2 Å². The van der Waals surface area contributed by atoms with Crippen LogP contribution in [0.2, 0.25) is 10.0 Å². The van der Waals surface area contributed by atoms with E-state index in [1.165, 1.54) is 0 Å². The molecule has 2 heterocycles. The largest absolute Gasteiger partial charge is 0.369 e. The molecule has 1 saturated heterocycles. The summed E-state index contributed by atoms with van der Waals surface area (Å²) in [5.74, 6) is 1.56. The maximum atomic E-state index is 6.28. The molecule has 4 nitrogen and oxygen atoms in total. The van der Waals surface area contributed by atoms with E-state index in [0.29, 0.717) is 10.0 Å². The van der Waals surface area contributed by atoms with Crippen LogP contribution in [-0.2, 0) is 0 Å². The fourth-order valence-corrected chi connectivity index (χ4v) is 2.61. The maximum Gasteiger partial charge on any atom is 0.150 e. The second kappa shape index (κ2) is 6.64. The minimum absolute atomic E-state index is 0.580. The van der Waals surface area contributed by atoms with Gasteiger partial charge in [0.05, 0.1) is 10.0 Å². The summed E-state index contributed by atoms with van der Waals surface area (Å²) >= 11 is 12.4. The molecule has 1 aromatic rings. The van der Waals surface area contributed by atoms with Gasteiger partial charge in [-0.15, -0.1) is 0 Å². The number of likely N-dealkylation sites (N-methyl/N-ethyl adjacent to an activating group) is 1. The van der Waals surface area contributed by atoms with Gasteiger partial charge in [-0.25, -0.2) is 4.98 Å². The lowest BCUT2D eigenvalue weighted by molar-refractivity contribution is 0.312. The van der Waals surface area contributed by atoms with Crippen molar-refractivity contribution in [2.45, 2.75) is 13.3 Å². The number of aromatic nitrogens is 1. The molecule has 0 radical (unpaired) electrons. The zero-order chi connectivity index (χ0) is 13.8. The standard InChI is InChI=1S/C13H20Cl2N4/c1-3-4-16-12-10(14)9-11(15)13(17-12)19-7-5-18(2)6-8-19/h9H,3-8H2,1-2H3,(H,16,17). The van der Waals surface area contributed by atoms with Gasteiger partial charge in [0.1, 0.15) is 11.6 Å². The van der Waals surface area contributed by atoms with Crippen molar-refractivity contribution in [2.24, 2.45) is 0 Å². The summed E-state index contributed by atoms with van der Waals surface area (Å²) in [4.78, 5) is 9.11. The van der Waals surface area contributed by atoms with E-state index in [1.807, 2.05) is 0 Å². The SMILES string of the molecule is CCCNc1nc(N2CCN(C)CC2)c(Cl)cc1Cl. The van der Waals surface area contributed by atoms with Crippen LogP contribution in [0.4, 0.5) is 11.6 Å². The minimum Gasteiger partial charge on any atom is -0.369 e. The van der Waals surface area contributed by atoms with Crippen molar-refractivity contribution in [3.05, 3.63) is 16.1 Å². The molecular formula is C13H20Cl2N4. The fraction of sp³-hybridized carbons (Fsp3) is 0.615. The summed E-state index contributed by atoms with van der Waals surface area (Å²) in [6.45, 7) is 6.90. The van der Waals surface area contributed by atoms with Crippen LogP contribution in [0.3, 0.4) is 0 Å². The van der Waals surface area contributed by atoms with Gasteiger partial charge in [0.15, 0.2) is 0 Å². The monoisotopic (exact) mass is 302 g/mol. The molecule has 0 atom stereocenters. The zero-order valence-electron chi connectivity index (χ0n) is 11.4. The molecule has 1 aliphatic heterocycles. The highest BCUT2D eigenvalue weighted by atomic mass is 35.5. The van der Waals surface area contributed by atoms with E-state index in [2.05, 4.69) is 34.1 Å². The second-order valence-corrected chi connectivity index (χ2v) is 5.66. The van der Waals surface area contributed by atoms with Gasteiger partial charge in [-0.05, 0) is 19.5 Å². The van der Waals surface area contributed by atoms with Crippen LogP contribution >= 0.6 is 23.2 Å². The lowest BCUT2D eigenvalue weighted by Crippen LogP contribution is -2.45. The number of pyridine rings is 1. The molecular weight excluding hydrogens is 283 g/mol. The average molecular weight is 303 g/mol. The third-order valence-electron chi connectivity index (χ3n) is 3.26. The summed E-state index contributed by atoms with van der Waals surface area (Å²) in [6.07, 6.45) is 1.03. The first-order valence-corrected chi connectivity index (χ1v) is 7.40. The summed E-state index contributed by atoms with van der Waals surface area (Å²) in [7, 11) is 2.13. The normalized spacial score (nSPS) is 16.7. The Morgan fingerprint density at radius 1 is 1.21 bits per heavy atom. The van der Waals surface area contributed by atoms with E-state index in [0.717, 1.165) is 50.8 Å². The van der Waals surface area contributed by atoms with E-state index in [4.69, 9.17) is 23.2 Å². The van der Waals surface area contributed by atoms with E-state index < -0.39 is 0 Å². The molecule has 0 aromatic carbocycles. The molecule has 2 rings (SSSR count). The van der Waals surface area contributed by atoms with Crippen molar-refractivity contribution in [1.82, 2.24) is 9.88 Å². The average Bonchev–Trinajstić information content (AvgIpc) is 2.39. The number of nitrogens with zero attached hydrogens (tertiary/aromatic N) is 3. The first-order valence-electron chi connectivity index (χ1n) is 6.65. The van der Waals surface area contributed by atoms with Gasteiger partial charge >= 0.3 is 0 Å². The van der Waals surface area contributed by atoms with Crippen LogP contribution in [0.5, 0.6) is 0 Å². The van der Waals surface area contributed by atoms with Gasteiger partial charge in [-0.3, -0.25) is 0 Å². The molecule has 0 spiro atoms. The van der Waals surface area contributed by atoms with Gasteiger partial charge < -0.3 is 15.1 Å². The van der Waals surface area contributed by atoms with Crippen LogP contribution in [-0.4, -0.2) is 49.7 Å². The third-order valence-corrected chi connectivity index (χ3v) is 3.82. The topological polar surface area (TPSA) is 31.4 Å². The third kappa shape index (κ3) is 3.65. The second-order valence-electron chi connectivity index (χ2n) is 4.84. The highest BCUT2D eigenvalue weighted by molar-refractivity contribution is 6.37. The Kier molecular flexibility index (Phi) is 5.13. The molecule has 6 heteroatoms. The lowest BCUT2D eigenvalue weighted by atomic mass is 10.3. The summed E-state index contributed by atoms with van der Waals surface area (Å²) < 4.78 is 0. The van der Waals surface area contributed by atoms with Crippen molar-refractivity contribution in [1.29, 1.82) is 0 Å². The number of nitrogens with one attached hydrogen (secondary N) is 1. The smallest absolute Gasteiger partial charge is 0.150 e. The molecule has 106 valence electrons. The molecule has 0 aliphatic carbocycles. The van der Waals surface area contributed by atoms with E-state index in [9.17, 15) is 0 Å². The Hall–Kier alpha value is -0.710. The molecule has 1 N–H and O–H groups in total.